The molecule has 1 aromatic rings. The topological polar surface area (TPSA) is 84.2 Å². The van der Waals surface area contributed by atoms with Gasteiger partial charge in [-0.3, -0.25) is 10.1 Å². The monoisotopic (exact) mass is 253 g/mol. The van der Waals surface area contributed by atoms with Crippen LogP contribution in [0.3, 0.4) is 0 Å². The number of imide groups is 1. The molecular weight excluding hydrogens is 238 g/mol. The number of nitrogens with one attached hydrogen (secondary N) is 2. The van der Waals surface area contributed by atoms with E-state index in [0.29, 0.717) is 0 Å². The minimum Gasteiger partial charge on any atom is -0.351 e. The Hall–Kier alpha value is -1.53. The van der Waals surface area contributed by atoms with Gasteiger partial charge in [-0.2, -0.15) is 0 Å². The number of rotatable bonds is 5. The highest BCUT2D eigenvalue weighted by molar-refractivity contribution is 8.00. The fraction of sp³-hybridized carbons (Fsp3) is 0.273. The maximum atomic E-state index is 11.2. The van der Waals surface area contributed by atoms with Crippen molar-refractivity contribution >= 4 is 23.7 Å². The van der Waals surface area contributed by atoms with Crippen molar-refractivity contribution in [2.24, 2.45) is 5.73 Å². The predicted molar refractivity (Wildman–Crippen MR) is 67.7 cm³/mol. The van der Waals surface area contributed by atoms with E-state index in [1.165, 1.54) is 17.3 Å². The minimum absolute atomic E-state index is 0.175. The zero-order valence-electron chi connectivity index (χ0n) is 9.53. The van der Waals surface area contributed by atoms with Gasteiger partial charge in [-0.25, -0.2) is 4.79 Å². The first kappa shape index (κ1) is 13.5. The van der Waals surface area contributed by atoms with Crippen LogP contribution in [-0.2, 0) is 11.3 Å². The van der Waals surface area contributed by atoms with Gasteiger partial charge in [0.1, 0.15) is 0 Å². The lowest BCUT2D eigenvalue weighted by atomic mass is 10.2. The number of benzene rings is 1. The summed E-state index contributed by atoms with van der Waals surface area (Å²) < 4.78 is 0. The lowest BCUT2D eigenvalue weighted by Crippen LogP contribution is -2.36. The molecule has 0 aliphatic carbocycles. The van der Waals surface area contributed by atoms with Crippen LogP contribution >= 0.6 is 11.8 Å². The molecule has 1 aromatic carbocycles. The molecule has 0 aliphatic rings. The Morgan fingerprint density at radius 3 is 2.47 bits per heavy atom. The van der Waals surface area contributed by atoms with E-state index in [0.717, 1.165) is 11.4 Å². The van der Waals surface area contributed by atoms with Crippen LogP contribution in [0.15, 0.2) is 29.2 Å². The van der Waals surface area contributed by atoms with Crippen molar-refractivity contribution in [1.82, 2.24) is 10.6 Å². The van der Waals surface area contributed by atoms with Crippen LogP contribution in [0, 0.1) is 0 Å². The van der Waals surface area contributed by atoms with Crippen molar-refractivity contribution in [3.63, 3.8) is 0 Å². The second-order valence-corrected chi connectivity index (χ2v) is 4.42. The normalized spacial score (nSPS) is 9.94. The molecule has 0 bridgehead atoms. The van der Waals surface area contributed by atoms with Gasteiger partial charge >= 0.3 is 6.03 Å². The third kappa shape index (κ3) is 5.37. The van der Waals surface area contributed by atoms with Gasteiger partial charge in [0, 0.05) is 11.4 Å². The van der Waals surface area contributed by atoms with E-state index in [1.54, 1.807) is 0 Å². The van der Waals surface area contributed by atoms with Crippen LogP contribution < -0.4 is 16.4 Å². The molecule has 0 radical (unpaired) electrons. The molecule has 6 heteroatoms. The fourth-order valence-corrected chi connectivity index (χ4v) is 1.93. The van der Waals surface area contributed by atoms with Gasteiger partial charge in [0.25, 0.3) is 0 Å². The van der Waals surface area contributed by atoms with E-state index < -0.39 is 6.03 Å². The maximum absolute atomic E-state index is 11.2. The number of carbonyl (C=O) groups excluding carboxylic acids is 2. The molecule has 17 heavy (non-hydrogen) atoms. The summed E-state index contributed by atoms with van der Waals surface area (Å²) in [4.78, 5) is 22.5. The van der Waals surface area contributed by atoms with Gasteiger partial charge in [-0.1, -0.05) is 12.1 Å². The first-order valence-corrected chi connectivity index (χ1v) is 6.06. The van der Waals surface area contributed by atoms with E-state index in [-0.39, 0.29) is 11.7 Å². The van der Waals surface area contributed by atoms with Gasteiger partial charge in [0.15, 0.2) is 0 Å². The lowest BCUT2D eigenvalue weighted by Gasteiger charge is -2.03. The summed E-state index contributed by atoms with van der Waals surface area (Å²) in [5, 5.41) is 5.07. The number of primary amides is 1. The number of thioether (sulfide) groups is 1. The predicted octanol–water partition coefficient (Wildman–Crippen LogP) is 0.693. The summed E-state index contributed by atoms with van der Waals surface area (Å²) >= 11 is 1.36. The zero-order chi connectivity index (χ0) is 12.7. The molecule has 0 heterocycles. The van der Waals surface area contributed by atoms with Crippen molar-refractivity contribution in [3.05, 3.63) is 29.8 Å². The Kier molecular flexibility index (Phi) is 5.51. The van der Waals surface area contributed by atoms with Gasteiger partial charge in [-0.05, 0) is 24.7 Å². The number of carbonyl (C=O) groups is 2. The average molecular weight is 253 g/mol. The molecule has 0 fully saturated rings. The zero-order valence-corrected chi connectivity index (χ0v) is 10.3. The standard InChI is InChI=1S/C11H15N3O2S/c1-13-6-8-2-4-9(5-3-8)17-7-10(15)14-11(12)16/h2-5,13H,6-7H2,1H3,(H3,12,14,15,16). The summed E-state index contributed by atoms with van der Waals surface area (Å²) in [7, 11) is 1.89. The SMILES string of the molecule is CNCc1ccc(SCC(=O)NC(N)=O)cc1. The van der Waals surface area contributed by atoms with E-state index in [1.807, 2.05) is 36.6 Å². The third-order valence-corrected chi connectivity index (χ3v) is 2.95. The highest BCUT2D eigenvalue weighted by atomic mass is 32.2. The Morgan fingerprint density at radius 1 is 1.29 bits per heavy atom. The van der Waals surface area contributed by atoms with E-state index in [2.05, 4.69) is 5.32 Å². The molecule has 3 amide bonds. The van der Waals surface area contributed by atoms with Gasteiger partial charge < -0.3 is 11.1 Å². The molecule has 0 unspecified atom stereocenters. The average Bonchev–Trinajstić information content (AvgIpc) is 2.28. The largest absolute Gasteiger partial charge is 0.351 e. The summed E-state index contributed by atoms with van der Waals surface area (Å²) in [5.41, 5.74) is 6.01. The molecule has 92 valence electrons. The van der Waals surface area contributed by atoms with Crippen LogP contribution in [0.1, 0.15) is 5.56 Å². The van der Waals surface area contributed by atoms with Gasteiger partial charge in [-0.15, -0.1) is 11.8 Å². The quantitative estimate of drug-likeness (QED) is 0.674. The van der Waals surface area contributed by atoms with Crippen molar-refractivity contribution in [2.45, 2.75) is 11.4 Å². The Bertz CT molecular complexity index is 392. The summed E-state index contributed by atoms with van der Waals surface area (Å²) in [6.07, 6.45) is 0. The molecule has 0 aliphatic heterocycles. The van der Waals surface area contributed by atoms with Crippen molar-refractivity contribution in [3.8, 4) is 0 Å². The van der Waals surface area contributed by atoms with Crippen molar-refractivity contribution in [1.29, 1.82) is 0 Å². The Labute approximate surface area is 104 Å². The number of hydrogen-bond acceptors (Lipinski definition) is 4. The second kappa shape index (κ2) is 6.93. The van der Waals surface area contributed by atoms with Gasteiger partial charge in [0.05, 0.1) is 5.75 Å². The molecular formula is C11H15N3O2S. The molecule has 0 aromatic heterocycles. The molecule has 0 saturated carbocycles. The fourth-order valence-electron chi connectivity index (χ4n) is 1.23. The van der Waals surface area contributed by atoms with Crippen LogP contribution in [-0.4, -0.2) is 24.7 Å². The van der Waals surface area contributed by atoms with Crippen molar-refractivity contribution < 1.29 is 9.59 Å². The first-order chi connectivity index (χ1) is 8.11. The maximum Gasteiger partial charge on any atom is 0.318 e. The number of nitrogens with two attached hydrogens (primary N) is 1. The second-order valence-electron chi connectivity index (χ2n) is 3.38. The molecule has 1 rings (SSSR count). The minimum atomic E-state index is -0.819. The van der Waals surface area contributed by atoms with Gasteiger partial charge in [0.2, 0.25) is 5.91 Å². The molecule has 0 spiro atoms. The summed E-state index contributed by atoms with van der Waals surface area (Å²) in [6, 6.07) is 7.04. The molecule has 4 N–H and O–H groups in total. The van der Waals surface area contributed by atoms with Crippen LogP contribution in [0.25, 0.3) is 0 Å². The van der Waals surface area contributed by atoms with Crippen LogP contribution in [0.2, 0.25) is 0 Å². The first-order valence-electron chi connectivity index (χ1n) is 5.07. The summed E-state index contributed by atoms with van der Waals surface area (Å²) in [5.74, 6) is -0.212. The Morgan fingerprint density at radius 2 is 1.94 bits per heavy atom. The van der Waals surface area contributed by atoms with E-state index >= 15 is 0 Å². The number of urea groups is 1. The van der Waals surface area contributed by atoms with E-state index in [4.69, 9.17) is 5.73 Å². The molecule has 0 saturated heterocycles. The highest BCUT2D eigenvalue weighted by Crippen LogP contribution is 2.17. The number of hydrogen-bond donors (Lipinski definition) is 3. The van der Waals surface area contributed by atoms with Crippen LogP contribution in [0.5, 0.6) is 0 Å². The molecule has 5 nitrogen and oxygen atoms in total. The van der Waals surface area contributed by atoms with Crippen molar-refractivity contribution in [2.75, 3.05) is 12.8 Å². The number of amides is 3. The molecule has 0 atom stereocenters. The smallest absolute Gasteiger partial charge is 0.318 e. The third-order valence-electron chi connectivity index (χ3n) is 1.94. The lowest BCUT2D eigenvalue weighted by molar-refractivity contribution is -0.117. The van der Waals surface area contributed by atoms with E-state index in [9.17, 15) is 9.59 Å². The summed E-state index contributed by atoms with van der Waals surface area (Å²) in [6.45, 7) is 0.813. The highest BCUT2D eigenvalue weighted by Gasteiger charge is 2.04. The Balaban J connectivity index is 2.41. The van der Waals surface area contributed by atoms with Crippen LogP contribution in [0.4, 0.5) is 4.79 Å².